The zero-order valence-corrected chi connectivity index (χ0v) is 20.0. The van der Waals surface area contributed by atoms with Gasteiger partial charge in [0.05, 0.1) is 5.69 Å². The molecule has 0 aliphatic heterocycles. The van der Waals surface area contributed by atoms with Crippen LogP contribution >= 0.6 is 0 Å². The average molecular weight is 498 g/mol. The molecule has 188 valence electrons. The molecule has 0 aliphatic rings. The van der Waals surface area contributed by atoms with Gasteiger partial charge in [0.1, 0.15) is 17.6 Å². The molecule has 7 heteroatoms. The first kappa shape index (κ1) is 25.3. The van der Waals surface area contributed by atoms with Crippen molar-refractivity contribution in [1.29, 1.82) is 0 Å². The van der Waals surface area contributed by atoms with Crippen LogP contribution in [0.4, 0.5) is 10.5 Å². The van der Waals surface area contributed by atoms with E-state index in [0.29, 0.717) is 29.8 Å². The third kappa shape index (κ3) is 7.11. The lowest BCUT2D eigenvalue weighted by molar-refractivity contribution is -0.131. The fourth-order valence-corrected chi connectivity index (χ4v) is 4.00. The van der Waals surface area contributed by atoms with Crippen molar-refractivity contribution in [3.63, 3.8) is 0 Å². The predicted molar refractivity (Wildman–Crippen MR) is 142 cm³/mol. The molecule has 37 heavy (non-hydrogen) atoms. The lowest BCUT2D eigenvalue weighted by Gasteiger charge is -2.28. The van der Waals surface area contributed by atoms with E-state index < -0.39 is 24.3 Å². The standard InChI is InChI=1S/C30H27NO6/c32-23-19-17-22(18-20-23)29(27(15-6-7-16-28(33)34)36-24-11-2-1-3-12-24)37-30(35)31-26-14-8-10-21-9-4-5-13-25(21)26/h1-5,7-14,16-20,27,29,32H,6,15H2,(H,31,35)(H,33,34)/b16-7+/t27-,29-/m0/s1. The first-order valence-electron chi connectivity index (χ1n) is 11.8. The van der Waals surface area contributed by atoms with Crippen LogP contribution in [0.25, 0.3) is 10.8 Å². The molecule has 7 nitrogen and oxygen atoms in total. The Balaban J connectivity index is 1.62. The normalized spacial score (nSPS) is 12.6. The van der Waals surface area contributed by atoms with Crippen LogP contribution in [0.3, 0.4) is 0 Å². The summed E-state index contributed by atoms with van der Waals surface area (Å²) in [6.07, 6.45) is 1.19. The number of carbonyl (C=O) groups is 2. The zero-order chi connectivity index (χ0) is 26.0. The van der Waals surface area contributed by atoms with Gasteiger partial charge in [-0.1, -0.05) is 72.8 Å². The Morgan fingerprint density at radius 1 is 0.865 bits per heavy atom. The Labute approximate surface area is 214 Å². The molecule has 4 aromatic rings. The summed E-state index contributed by atoms with van der Waals surface area (Å²) >= 11 is 0. The van der Waals surface area contributed by atoms with Gasteiger partial charge in [0.25, 0.3) is 0 Å². The van der Waals surface area contributed by atoms with Gasteiger partial charge in [0, 0.05) is 11.5 Å². The maximum absolute atomic E-state index is 13.2. The number of nitrogens with one attached hydrogen (secondary N) is 1. The summed E-state index contributed by atoms with van der Waals surface area (Å²) in [5.41, 5.74) is 1.23. The van der Waals surface area contributed by atoms with Crippen molar-refractivity contribution in [1.82, 2.24) is 0 Å². The smallest absolute Gasteiger partial charge is 0.412 e. The molecule has 0 unspecified atom stereocenters. The lowest BCUT2D eigenvalue weighted by Crippen LogP contribution is -2.31. The summed E-state index contributed by atoms with van der Waals surface area (Å²) < 4.78 is 12.2. The van der Waals surface area contributed by atoms with Crippen LogP contribution < -0.4 is 10.1 Å². The SMILES string of the molecule is O=C(O)/C=C/CC[C@H](Oc1ccccc1)[C@@H](OC(=O)Nc1cccc2ccccc12)c1ccc(O)cc1. The summed E-state index contributed by atoms with van der Waals surface area (Å²) in [5.74, 6) is -0.384. The molecule has 0 saturated carbocycles. The van der Waals surface area contributed by atoms with Crippen LogP contribution in [0.5, 0.6) is 11.5 Å². The van der Waals surface area contributed by atoms with E-state index in [4.69, 9.17) is 14.6 Å². The van der Waals surface area contributed by atoms with Crippen LogP contribution in [0.2, 0.25) is 0 Å². The second kappa shape index (κ2) is 12.3. The Morgan fingerprint density at radius 2 is 1.57 bits per heavy atom. The quantitative estimate of drug-likeness (QED) is 0.211. The molecule has 4 aromatic carbocycles. The van der Waals surface area contributed by atoms with Gasteiger partial charge in [0.15, 0.2) is 6.10 Å². The Morgan fingerprint density at radius 3 is 2.32 bits per heavy atom. The number of aliphatic carboxylic acids is 1. The van der Waals surface area contributed by atoms with Gasteiger partial charge in [-0.25, -0.2) is 9.59 Å². The number of fused-ring (bicyclic) bond motifs is 1. The van der Waals surface area contributed by atoms with Gasteiger partial charge < -0.3 is 19.7 Å². The summed E-state index contributed by atoms with van der Waals surface area (Å²) in [6, 6.07) is 28.8. The van der Waals surface area contributed by atoms with Crippen molar-refractivity contribution in [3.8, 4) is 11.5 Å². The second-order valence-corrected chi connectivity index (χ2v) is 8.36. The molecule has 0 saturated heterocycles. The molecule has 3 N–H and O–H groups in total. The number of allylic oxidation sites excluding steroid dienone is 1. The van der Waals surface area contributed by atoms with E-state index in [9.17, 15) is 14.7 Å². The van der Waals surface area contributed by atoms with Gasteiger partial charge in [-0.05, 0) is 54.1 Å². The fraction of sp³-hybridized carbons (Fsp3) is 0.133. The first-order chi connectivity index (χ1) is 18.0. The van der Waals surface area contributed by atoms with Crippen LogP contribution in [-0.4, -0.2) is 28.4 Å². The molecular formula is C30H27NO6. The van der Waals surface area contributed by atoms with E-state index in [0.717, 1.165) is 16.8 Å². The number of benzene rings is 4. The van der Waals surface area contributed by atoms with Gasteiger partial charge in [-0.2, -0.15) is 0 Å². The van der Waals surface area contributed by atoms with Crippen molar-refractivity contribution in [2.45, 2.75) is 25.0 Å². The number of phenols is 1. The van der Waals surface area contributed by atoms with Crippen molar-refractivity contribution >= 4 is 28.5 Å². The highest BCUT2D eigenvalue weighted by molar-refractivity contribution is 6.00. The number of rotatable bonds is 10. The number of para-hydroxylation sites is 1. The number of ether oxygens (including phenoxy) is 2. The van der Waals surface area contributed by atoms with Crippen LogP contribution in [0.15, 0.2) is 109 Å². The Kier molecular flexibility index (Phi) is 8.39. The summed E-state index contributed by atoms with van der Waals surface area (Å²) in [4.78, 5) is 24.1. The van der Waals surface area contributed by atoms with E-state index in [1.807, 2.05) is 54.6 Å². The number of aromatic hydroxyl groups is 1. The monoisotopic (exact) mass is 497 g/mol. The van der Waals surface area contributed by atoms with E-state index in [2.05, 4.69) is 5.32 Å². The molecule has 0 radical (unpaired) electrons. The van der Waals surface area contributed by atoms with Crippen molar-refractivity contribution in [2.24, 2.45) is 0 Å². The van der Waals surface area contributed by atoms with E-state index in [1.165, 1.54) is 18.2 Å². The van der Waals surface area contributed by atoms with Gasteiger partial charge >= 0.3 is 12.1 Å². The van der Waals surface area contributed by atoms with Crippen molar-refractivity contribution in [2.75, 3.05) is 5.32 Å². The molecule has 0 spiro atoms. The highest BCUT2D eigenvalue weighted by atomic mass is 16.6. The molecule has 0 aliphatic carbocycles. The highest BCUT2D eigenvalue weighted by Crippen LogP contribution is 2.31. The van der Waals surface area contributed by atoms with Gasteiger partial charge in [-0.15, -0.1) is 0 Å². The van der Waals surface area contributed by atoms with Gasteiger partial charge in [-0.3, -0.25) is 5.32 Å². The molecular weight excluding hydrogens is 470 g/mol. The molecule has 1 amide bonds. The number of phenolic OH excluding ortho intramolecular Hbond substituents is 1. The number of carboxylic acid groups (broad SMARTS) is 1. The first-order valence-corrected chi connectivity index (χ1v) is 11.8. The number of amides is 1. The third-order valence-corrected chi connectivity index (χ3v) is 5.73. The summed E-state index contributed by atoms with van der Waals surface area (Å²) in [5, 5.41) is 23.4. The molecule has 4 rings (SSSR count). The maximum atomic E-state index is 13.2. The lowest BCUT2D eigenvalue weighted by atomic mass is 10.00. The minimum atomic E-state index is -1.04. The van der Waals surface area contributed by atoms with E-state index in [-0.39, 0.29) is 5.75 Å². The van der Waals surface area contributed by atoms with Crippen molar-refractivity contribution in [3.05, 3.63) is 115 Å². The molecule has 0 fully saturated rings. The largest absolute Gasteiger partial charge is 0.508 e. The number of carbonyl (C=O) groups excluding carboxylic acids is 1. The summed E-state index contributed by atoms with van der Waals surface area (Å²) in [7, 11) is 0. The highest BCUT2D eigenvalue weighted by Gasteiger charge is 2.29. The number of carboxylic acids is 1. The van der Waals surface area contributed by atoms with Crippen LogP contribution in [0, 0.1) is 0 Å². The molecule has 0 heterocycles. The molecule has 0 aromatic heterocycles. The maximum Gasteiger partial charge on any atom is 0.412 e. The van der Waals surface area contributed by atoms with Crippen molar-refractivity contribution < 1.29 is 29.3 Å². The Bertz CT molecular complexity index is 1360. The topological polar surface area (TPSA) is 105 Å². The zero-order valence-electron chi connectivity index (χ0n) is 20.0. The second-order valence-electron chi connectivity index (χ2n) is 8.36. The van der Waals surface area contributed by atoms with E-state index in [1.54, 1.807) is 30.3 Å². The molecule has 0 bridgehead atoms. The minimum Gasteiger partial charge on any atom is -0.508 e. The third-order valence-electron chi connectivity index (χ3n) is 5.73. The van der Waals surface area contributed by atoms with Crippen LogP contribution in [-0.2, 0) is 9.53 Å². The van der Waals surface area contributed by atoms with E-state index >= 15 is 0 Å². The van der Waals surface area contributed by atoms with Gasteiger partial charge in [0.2, 0.25) is 0 Å². The van der Waals surface area contributed by atoms with Crippen LogP contribution in [0.1, 0.15) is 24.5 Å². The fourth-order valence-electron chi connectivity index (χ4n) is 4.00. The predicted octanol–water partition coefficient (Wildman–Crippen LogP) is 6.70. The minimum absolute atomic E-state index is 0.0765. The Hall–Kier alpha value is -4.78. The number of hydrogen-bond acceptors (Lipinski definition) is 5. The summed E-state index contributed by atoms with van der Waals surface area (Å²) in [6.45, 7) is 0. The number of anilines is 1. The molecule has 2 atom stereocenters. The average Bonchev–Trinajstić information content (AvgIpc) is 2.90. The number of hydrogen-bond donors (Lipinski definition) is 3.